The number of ether oxygens (including phenoxy) is 1. The smallest absolute Gasteiger partial charge is 0.305 e. The van der Waals surface area contributed by atoms with Gasteiger partial charge in [0.05, 0.1) is 25.4 Å². The Balaban J connectivity index is 3.35. The number of hydrogen-bond acceptors (Lipinski definition) is 5. The van der Waals surface area contributed by atoms with E-state index in [1.807, 2.05) is 6.08 Å². The van der Waals surface area contributed by atoms with E-state index in [-0.39, 0.29) is 18.5 Å². The van der Waals surface area contributed by atoms with Crippen molar-refractivity contribution in [1.82, 2.24) is 5.32 Å². The van der Waals surface area contributed by atoms with Gasteiger partial charge in [-0.3, -0.25) is 9.59 Å². The van der Waals surface area contributed by atoms with Crippen molar-refractivity contribution in [2.45, 2.75) is 443 Å². The van der Waals surface area contributed by atoms with Crippen LogP contribution in [0.1, 0.15) is 431 Å². The van der Waals surface area contributed by atoms with Gasteiger partial charge in [0.1, 0.15) is 0 Å². The zero-order valence-electron chi connectivity index (χ0n) is 56.5. The van der Waals surface area contributed by atoms with Crippen LogP contribution in [0, 0.1) is 0 Å². The van der Waals surface area contributed by atoms with E-state index < -0.39 is 12.1 Å². The Kier molecular flexibility index (Phi) is 71.4. The van der Waals surface area contributed by atoms with E-state index in [0.29, 0.717) is 19.4 Å². The molecular weight excluding hydrogens is 1020 g/mol. The maximum Gasteiger partial charge on any atom is 0.305 e. The minimum atomic E-state index is -0.843. The van der Waals surface area contributed by atoms with Crippen LogP contribution in [0.3, 0.4) is 0 Å². The van der Waals surface area contributed by atoms with Gasteiger partial charge in [0, 0.05) is 12.8 Å². The first-order valence-corrected chi connectivity index (χ1v) is 38.1. The lowest BCUT2D eigenvalue weighted by molar-refractivity contribution is -0.143. The van der Waals surface area contributed by atoms with Gasteiger partial charge in [-0.15, -0.1) is 0 Å². The molecule has 0 aliphatic heterocycles. The van der Waals surface area contributed by atoms with E-state index in [2.05, 4.69) is 31.3 Å². The number of unbranched alkanes of at least 4 members (excludes halogenated alkanes) is 59. The van der Waals surface area contributed by atoms with Crippen molar-refractivity contribution in [2.24, 2.45) is 0 Å². The highest BCUT2D eigenvalue weighted by Crippen LogP contribution is 2.19. The highest BCUT2D eigenvalue weighted by Gasteiger charge is 2.18. The van der Waals surface area contributed by atoms with Crippen LogP contribution in [-0.4, -0.2) is 47.4 Å². The van der Waals surface area contributed by atoms with E-state index in [1.54, 1.807) is 6.08 Å². The Morgan fingerprint density at radius 3 is 0.855 bits per heavy atom. The van der Waals surface area contributed by atoms with Crippen LogP contribution in [0.2, 0.25) is 0 Å². The minimum Gasteiger partial charge on any atom is -0.466 e. The second-order valence-electron chi connectivity index (χ2n) is 26.3. The molecule has 83 heavy (non-hydrogen) atoms. The Morgan fingerprint density at radius 1 is 0.325 bits per heavy atom. The van der Waals surface area contributed by atoms with Gasteiger partial charge in [-0.2, -0.15) is 0 Å². The molecule has 492 valence electrons. The molecule has 3 N–H and O–H groups in total. The number of esters is 1. The summed E-state index contributed by atoms with van der Waals surface area (Å²) in [7, 11) is 0. The topological polar surface area (TPSA) is 95.9 Å². The highest BCUT2D eigenvalue weighted by atomic mass is 16.5. The van der Waals surface area contributed by atoms with Gasteiger partial charge in [0.15, 0.2) is 0 Å². The van der Waals surface area contributed by atoms with Crippen molar-refractivity contribution in [2.75, 3.05) is 13.2 Å². The van der Waals surface area contributed by atoms with Crippen molar-refractivity contribution in [3.63, 3.8) is 0 Å². The molecule has 0 aromatic rings. The molecule has 0 saturated carbocycles. The molecule has 0 bridgehead atoms. The number of aliphatic hydroxyl groups excluding tert-OH is 2. The Labute approximate surface area is 520 Å². The number of amides is 1. The molecule has 0 spiro atoms. The molecule has 0 aromatic heterocycles. The molecule has 0 radical (unpaired) electrons. The van der Waals surface area contributed by atoms with Crippen LogP contribution in [0.5, 0.6) is 0 Å². The molecule has 0 aliphatic carbocycles. The van der Waals surface area contributed by atoms with E-state index >= 15 is 0 Å². The highest BCUT2D eigenvalue weighted by molar-refractivity contribution is 5.76. The zero-order valence-corrected chi connectivity index (χ0v) is 56.5. The van der Waals surface area contributed by atoms with Crippen LogP contribution >= 0.6 is 0 Å². The third-order valence-corrected chi connectivity index (χ3v) is 18.0. The van der Waals surface area contributed by atoms with Gasteiger partial charge < -0.3 is 20.3 Å². The summed E-state index contributed by atoms with van der Waals surface area (Å²) in [6, 6.07) is -0.626. The number of carbonyl (C=O) groups is 2. The summed E-state index contributed by atoms with van der Waals surface area (Å²) in [6.07, 6.45) is 92.9. The van der Waals surface area contributed by atoms with Crippen molar-refractivity contribution >= 4 is 11.9 Å². The number of rotatable bonds is 72. The summed E-state index contributed by atoms with van der Waals surface area (Å²) < 4.78 is 5.51. The average molecular weight is 1170 g/mol. The molecule has 2 unspecified atom stereocenters. The van der Waals surface area contributed by atoms with Gasteiger partial charge in [0.2, 0.25) is 5.91 Å². The van der Waals surface area contributed by atoms with Gasteiger partial charge >= 0.3 is 5.97 Å². The molecule has 0 rings (SSSR count). The van der Waals surface area contributed by atoms with Gasteiger partial charge in [-0.1, -0.05) is 385 Å². The number of hydrogen-bond donors (Lipinski definition) is 3. The first-order valence-electron chi connectivity index (χ1n) is 38.1. The first kappa shape index (κ1) is 81.3. The molecule has 0 heterocycles. The normalized spacial score (nSPS) is 12.6. The van der Waals surface area contributed by atoms with Crippen LogP contribution in [0.25, 0.3) is 0 Å². The second-order valence-corrected chi connectivity index (χ2v) is 26.3. The van der Waals surface area contributed by atoms with Crippen molar-refractivity contribution < 1.29 is 24.5 Å². The number of allylic oxidation sites excluding steroid dienone is 3. The van der Waals surface area contributed by atoms with Crippen molar-refractivity contribution in [1.29, 1.82) is 0 Å². The van der Waals surface area contributed by atoms with Crippen molar-refractivity contribution in [3.05, 3.63) is 24.3 Å². The standard InChI is InChI=1S/C77H149NO5/c1-3-5-7-9-11-13-15-17-19-37-41-45-49-53-57-61-65-69-75(80)74(73-79)78-76(81)70-66-62-58-54-50-46-42-39-35-33-31-29-27-25-23-21-22-24-26-28-30-32-34-36-40-44-48-52-56-60-64-68-72-83-77(82)71-67-63-59-55-51-47-43-38-20-18-16-14-12-10-8-6-4-2/h24,26,65,69,74-75,79-80H,3-23,25,27-64,66-68,70-73H2,1-2H3,(H,78,81)/b26-24-,69-65+. The van der Waals surface area contributed by atoms with Crippen molar-refractivity contribution in [3.8, 4) is 0 Å². The average Bonchev–Trinajstić information content (AvgIpc) is 3.49. The van der Waals surface area contributed by atoms with Crippen LogP contribution < -0.4 is 5.32 Å². The largest absolute Gasteiger partial charge is 0.466 e. The first-order chi connectivity index (χ1) is 41.0. The van der Waals surface area contributed by atoms with Crippen LogP contribution in [0.15, 0.2) is 24.3 Å². The Bertz CT molecular complexity index is 1300. The lowest BCUT2D eigenvalue weighted by atomic mass is 10.0. The Hall–Kier alpha value is -1.66. The monoisotopic (exact) mass is 1170 g/mol. The number of nitrogens with one attached hydrogen (secondary N) is 1. The predicted octanol–water partition coefficient (Wildman–Crippen LogP) is 24.9. The lowest BCUT2D eigenvalue weighted by Crippen LogP contribution is -2.45. The summed E-state index contributed by atoms with van der Waals surface area (Å²) in [5, 5.41) is 23.2. The summed E-state index contributed by atoms with van der Waals surface area (Å²) in [4.78, 5) is 24.6. The predicted molar refractivity (Wildman–Crippen MR) is 366 cm³/mol. The molecule has 0 aromatic carbocycles. The summed E-state index contributed by atoms with van der Waals surface area (Å²) in [6.45, 7) is 4.95. The number of carbonyl (C=O) groups excluding carboxylic acids is 2. The maximum absolute atomic E-state index is 12.5. The molecule has 6 heteroatoms. The fraction of sp³-hybridized carbons (Fsp3) is 0.922. The summed E-state index contributed by atoms with van der Waals surface area (Å²) >= 11 is 0. The molecule has 6 nitrogen and oxygen atoms in total. The third kappa shape index (κ3) is 69.3. The quantitative estimate of drug-likeness (QED) is 0.0320. The van der Waals surface area contributed by atoms with Crippen LogP contribution in [0.4, 0.5) is 0 Å². The van der Waals surface area contributed by atoms with Gasteiger partial charge in [0.25, 0.3) is 0 Å². The second kappa shape index (κ2) is 72.8. The maximum atomic E-state index is 12.5. The SMILES string of the molecule is CCCCCCCCCCCCCCCCC/C=C/C(O)C(CO)NC(=O)CCCCCCCCCCCCCCCCCC/C=C\CCCCCCCCCCCCCCOC(=O)CCCCCCCCCCCCCCCCCCC. The molecule has 0 saturated heterocycles. The third-order valence-electron chi connectivity index (χ3n) is 18.0. The van der Waals surface area contributed by atoms with E-state index in [9.17, 15) is 19.8 Å². The summed E-state index contributed by atoms with van der Waals surface area (Å²) in [5.74, 6) is -0.0390. The van der Waals surface area contributed by atoms with Gasteiger partial charge in [-0.05, 0) is 57.8 Å². The lowest BCUT2D eigenvalue weighted by Gasteiger charge is -2.20. The molecule has 1 amide bonds. The molecule has 2 atom stereocenters. The van der Waals surface area contributed by atoms with Gasteiger partial charge in [-0.25, -0.2) is 0 Å². The summed E-state index contributed by atoms with van der Waals surface area (Å²) in [5.41, 5.74) is 0. The van der Waals surface area contributed by atoms with E-state index in [1.165, 1.54) is 366 Å². The number of aliphatic hydroxyl groups is 2. The van der Waals surface area contributed by atoms with E-state index in [0.717, 1.165) is 38.5 Å². The fourth-order valence-corrected chi connectivity index (χ4v) is 12.2. The Morgan fingerprint density at radius 2 is 0.566 bits per heavy atom. The molecular formula is C77H149NO5. The van der Waals surface area contributed by atoms with E-state index in [4.69, 9.17) is 4.74 Å². The minimum absolute atomic E-state index is 0.0228. The molecule has 0 aliphatic rings. The fourth-order valence-electron chi connectivity index (χ4n) is 12.2. The zero-order chi connectivity index (χ0) is 59.9. The van der Waals surface area contributed by atoms with Crippen LogP contribution in [-0.2, 0) is 14.3 Å². The molecule has 0 fully saturated rings.